The second-order valence-corrected chi connectivity index (χ2v) is 33.3. The van der Waals surface area contributed by atoms with Crippen molar-refractivity contribution in [2.45, 2.75) is 207 Å². The molecular weight excluding hydrogens is 1050 g/mol. The van der Waals surface area contributed by atoms with Gasteiger partial charge >= 0.3 is 6.85 Å². The van der Waals surface area contributed by atoms with Gasteiger partial charge in [-0.3, -0.25) is 0 Å². The van der Waals surface area contributed by atoms with E-state index in [4.69, 9.17) is 4.42 Å². The van der Waals surface area contributed by atoms with Crippen LogP contribution < -0.4 is 25.7 Å². The highest BCUT2D eigenvalue weighted by Crippen LogP contribution is 2.56. The second-order valence-electron chi connectivity index (χ2n) is 33.3. The van der Waals surface area contributed by atoms with Gasteiger partial charge < -0.3 is 19.0 Å². The fraction of sp³-hybridized carbons (Fsp3) is 0.390. The molecule has 2 aliphatic heterocycles. The molecule has 3 heterocycles. The van der Waals surface area contributed by atoms with Crippen LogP contribution in [0.2, 0.25) is 0 Å². The lowest BCUT2D eigenvalue weighted by atomic mass is 9.45. The van der Waals surface area contributed by atoms with E-state index in [2.05, 4.69) is 311 Å². The van der Waals surface area contributed by atoms with Crippen molar-refractivity contribution in [3.05, 3.63) is 202 Å². The lowest BCUT2D eigenvalue weighted by Crippen LogP contribution is -2.61. The van der Waals surface area contributed by atoms with Gasteiger partial charge in [0.15, 0.2) is 0 Å². The zero-order valence-electron chi connectivity index (χ0n) is 56.2. The molecule has 0 amide bonds. The van der Waals surface area contributed by atoms with E-state index in [0.717, 1.165) is 65.4 Å². The van der Waals surface area contributed by atoms with Gasteiger partial charge in [0.2, 0.25) is 0 Å². The van der Waals surface area contributed by atoms with Crippen LogP contribution in [0.1, 0.15) is 209 Å². The van der Waals surface area contributed by atoms with Gasteiger partial charge in [-0.15, -0.1) is 0 Å². The van der Waals surface area contributed by atoms with Crippen LogP contribution in [0.4, 0.5) is 45.5 Å². The summed E-state index contributed by atoms with van der Waals surface area (Å²) in [4.78, 5) is 7.86. The van der Waals surface area contributed by atoms with Crippen molar-refractivity contribution < 1.29 is 4.42 Å². The lowest BCUT2D eigenvalue weighted by Gasteiger charge is -2.46. The Balaban J connectivity index is 1.18. The minimum Gasteiger partial charge on any atom is -0.466 e. The first kappa shape index (κ1) is 58.8. The molecule has 0 fully saturated rings. The van der Waals surface area contributed by atoms with Crippen molar-refractivity contribution >= 4 is 74.4 Å². The summed E-state index contributed by atoms with van der Waals surface area (Å²) >= 11 is 0. The van der Waals surface area contributed by atoms with Crippen molar-refractivity contribution in [2.24, 2.45) is 0 Å². The topological polar surface area (TPSA) is 22.9 Å². The monoisotopic (exact) mass is 1150 g/mol. The molecule has 0 saturated heterocycles. The first-order valence-corrected chi connectivity index (χ1v) is 32.5. The Morgan fingerprint density at radius 1 is 0.402 bits per heavy atom. The number of benzene rings is 8. The molecule has 0 bridgehead atoms. The summed E-state index contributed by atoms with van der Waals surface area (Å²) in [5.74, 6) is 0. The molecule has 9 aromatic rings. The number of fused-ring (bicyclic) bond motifs is 8. The quantitative estimate of drug-likeness (QED) is 0.155. The highest BCUT2D eigenvalue weighted by Gasteiger charge is 2.51. The molecule has 8 aromatic carbocycles. The summed E-state index contributed by atoms with van der Waals surface area (Å²) in [7, 11) is 0. The summed E-state index contributed by atoms with van der Waals surface area (Å²) in [5.41, 5.74) is 27.9. The van der Waals surface area contributed by atoms with Crippen molar-refractivity contribution in [1.29, 1.82) is 0 Å². The third kappa shape index (κ3) is 9.79. The van der Waals surface area contributed by atoms with E-state index in [9.17, 15) is 0 Å². The summed E-state index contributed by atoms with van der Waals surface area (Å²) in [6.07, 6.45) is 4.52. The van der Waals surface area contributed by atoms with Crippen LogP contribution in [-0.2, 0) is 43.3 Å². The molecule has 446 valence electrons. The minimum absolute atomic E-state index is 0.0106. The highest BCUT2D eigenvalue weighted by molar-refractivity contribution is 6.93. The molecule has 0 radical (unpaired) electrons. The zero-order valence-corrected chi connectivity index (χ0v) is 56.2. The second kappa shape index (κ2) is 19.6. The van der Waals surface area contributed by atoms with E-state index in [1.807, 2.05) is 0 Å². The zero-order chi connectivity index (χ0) is 62.1. The molecule has 0 unspecified atom stereocenters. The Morgan fingerprint density at radius 2 is 0.897 bits per heavy atom. The van der Waals surface area contributed by atoms with Crippen LogP contribution in [0.3, 0.4) is 0 Å². The number of nitrogens with zero attached hydrogens (tertiary/aromatic N) is 3. The van der Waals surface area contributed by atoms with Gasteiger partial charge in [-0.2, -0.15) is 0 Å². The van der Waals surface area contributed by atoms with Crippen molar-refractivity contribution in [1.82, 2.24) is 0 Å². The maximum Gasteiger partial charge on any atom is 0.375 e. The predicted octanol–water partition coefficient (Wildman–Crippen LogP) is 22.2. The minimum atomic E-state index is -0.346. The van der Waals surface area contributed by atoms with Crippen LogP contribution in [0.25, 0.3) is 33.2 Å². The Bertz CT molecular complexity index is 4140. The fourth-order valence-electron chi connectivity index (χ4n) is 15.0. The lowest BCUT2D eigenvalue weighted by molar-refractivity contribution is 0.332. The van der Waals surface area contributed by atoms with Crippen LogP contribution in [0, 0.1) is 0 Å². The van der Waals surface area contributed by atoms with E-state index >= 15 is 0 Å². The first-order chi connectivity index (χ1) is 40.6. The molecule has 4 aliphatic rings. The Labute approximate surface area is 522 Å². The molecule has 87 heavy (non-hydrogen) atoms. The Hall–Kier alpha value is -7.24. The SMILES string of the molecule is CC(C)(C)c1ccc(N(c2ccc(C(C)(C)C)cc2)c2ccc3c(c2)N(c2ccc4c(c2)C(C)(C)CCC4(C)C)B2c4oc5cc6c(cc5c4N(c4ccc(C(C)(C)C)cc4-c4ccccc4)c4cc(C(C)(C)C)cc-3c42)C(C)(C)CCC6(C)C)cc1. The molecule has 0 spiro atoms. The molecule has 1 aromatic heterocycles. The summed E-state index contributed by atoms with van der Waals surface area (Å²) in [5, 5.41) is 1.17. The van der Waals surface area contributed by atoms with Crippen LogP contribution in [-0.4, -0.2) is 6.85 Å². The van der Waals surface area contributed by atoms with E-state index in [0.29, 0.717) is 0 Å². The van der Waals surface area contributed by atoms with E-state index in [1.165, 1.54) is 94.7 Å². The van der Waals surface area contributed by atoms with Gasteiger partial charge in [-0.25, -0.2) is 0 Å². The van der Waals surface area contributed by atoms with Crippen LogP contribution >= 0.6 is 0 Å². The summed E-state index contributed by atoms with van der Waals surface area (Å²) in [6.45, 7) is 47.3. The molecule has 0 atom stereocenters. The van der Waals surface area contributed by atoms with Crippen LogP contribution in [0.15, 0.2) is 162 Å². The average Bonchev–Trinajstić information content (AvgIpc) is 1.68. The number of rotatable bonds is 6. The van der Waals surface area contributed by atoms with Gasteiger partial charge in [0.1, 0.15) is 11.2 Å². The first-order valence-electron chi connectivity index (χ1n) is 32.5. The molecule has 0 saturated carbocycles. The van der Waals surface area contributed by atoms with Crippen molar-refractivity contribution in [3.63, 3.8) is 0 Å². The third-order valence-corrected chi connectivity index (χ3v) is 21.0. The maximum absolute atomic E-state index is 7.99. The summed E-state index contributed by atoms with van der Waals surface area (Å²) in [6, 6.07) is 62.1. The molecule has 0 N–H and O–H groups in total. The number of furan rings is 1. The smallest absolute Gasteiger partial charge is 0.375 e. The molecule has 5 heteroatoms. The van der Waals surface area contributed by atoms with Gasteiger partial charge in [0, 0.05) is 50.6 Å². The van der Waals surface area contributed by atoms with E-state index in [-0.39, 0.29) is 50.2 Å². The number of anilines is 8. The van der Waals surface area contributed by atoms with E-state index in [1.54, 1.807) is 0 Å². The molecule has 4 nitrogen and oxygen atoms in total. The Kier molecular flexibility index (Phi) is 13.3. The standard InChI is InChI=1S/C82H94BN3O/c1-75(2,3)52-26-31-56(32-27-52)84(57-33-28-53(29-34-57)76(4,5)6)58-35-37-60-62-45-55(78(10,11)12)46-70-72(62)83(86(69(60)48-58)59-36-38-64-65(47-59)80(15,16)41-40-79(64,13)14)74-73(63-49-66-67(50-71(63)87-74)82(19,20)43-42-81(66,17)18)85(70)68-39-30-54(77(7,8)9)44-61(68)51-24-22-21-23-25-51/h21-39,44-50H,40-43H2,1-20H3. The molecule has 2 aliphatic carbocycles. The van der Waals surface area contributed by atoms with E-state index < -0.39 is 0 Å². The summed E-state index contributed by atoms with van der Waals surface area (Å²) < 4.78 is 7.99. The van der Waals surface area contributed by atoms with Crippen molar-refractivity contribution in [2.75, 3.05) is 14.6 Å². The van der Waals surface area contributed by atoms with Crippen LogP contribution in [0.5, 0.6) is 0 Å². The Morgan fingerprint density at radius 3 is 1.45 bits per heavy atom. The fourth-order valence-corrected chi connectivity index (χ4v) is 15.0. The number of hydrogen-bond acceptors (Lipinski definition) is 4. The van der Waals surface area contributed by atoms with Crippen molar-refractivity contribution in [3.8, 4) is 22.3 Å². The van der Waals surface area contributed by atoms with Gasteiger partial charge in [0.25, 0.3) is 0 Å². The average molecular weight is 1150 g/mol. The third-order valence-electron chi connectivity index (χ3n) is 21.0. The predicted molar refractivity (Wildman–Crippen MR) is 375 cm³/mol. The maximum atomic E-state index is 7.99. The van der Waals surface area contributed by atoms with Gasteiger partial charge in [-0.1, -0.05) is 217 Å². The largest absolute Gasteiger partial charge is 0.466 e. The van der Waals surface area contributed by atoms with Gasteiger partial charge in [0.05, 0.1) is 11.4 Å². The number of hydrogen-bond donors (Lipinski definition) is 0. The molecule has 13 rings (SSSR count). The molecular formula is C82H94BN3O. The van der Waals surface area contributed by atoms with Gasteiger partial charge in [-0.05, 0) is 209 Å². The normalized spacial score (nSPS) is 17.3. The highest BCUT2D eigenvalue weighted by atomic mass is 16.3.